The molecule has 0 saturated carbocycles. The fraction of sp³-hybridized carbons (Fsp3) is 0.316. The minimum Gasteiger partial charge on any atom is -0.435 e. The maximum Gasteiger partial charge on any atom is 0.387 e. The van der Waals surface area contributed by atoms with E-state index in [-0.39, 0.29) is 16.3 Å². The SMILES string of the molecule is C/C(=N\Nc1ccc(S(=O)(=O)N2CCCC2)cc1[N+](=O)[O-])c1ccc(OC(F)F)cc1. The van der Waals surface area contributed by atoms with Crippen LogP contribution in [-0.2, 0) is 10.0 Å². The normalized spacial score (nSPS) is 15.3. The van der Waals surface area contributed by atoms with E-state index in [2.05, 4.69) is 15.3 Å². The van der Waals surface area contributed by atoms with Crippen molar-refractivity contribution in [3.63, 3.8) is 0 Å². The molecule has 1 saturated heterocycles. The van der Waals surface area contributed by atoms with Crippen LogP contribution in [0, 0.1) is 10.1 Å². The largest absolute Gasteiger partial charge is 0.435 e. The molecule has 0 radical (unpaired) electrons. The van der Waals surface area contributed by atoms with Crippen molar-refractivity contribution < 1.29 is 26.9 Å². The van der Waals surface area contributed by atoms with Crippen LogP contribution in [0.25, 0.3) is 0 Å². The van der Waals surface area contributed by atoms with Gasteiger partial charge in [-0.3, -0.25) is 15.5 Å². The summed E-state index contributed by atoms with van der Waals surface area (Å²) in [6.45, 7) is -0.532. The van der Waals surface area contributed by atoms with Crippen LogP contribution in [0.5, 0.6) is 5.75 Å². The molecular formula is C19H20F2N4O5S. The standard InChI is InChI=1S/C19H20F2N4O5S/c1-13(14-4-6-15(7-5-14)30-19(20)21)22-23-17-9-8-16(12-18(17)25(26)27)31(28,29)24-10-2-3-11-24/h4-9,12,19,23H,2-3,10-11H2,1H3/b22-13+. The number of alkyl halides is 2. The first-order valence-corrected chi connectivity index (χ1v) is 10.8. The van der Waals surface area contributed by atoms with Gasteiger partial charge in [0.1, 0.15) is 11.4 Å². The van der Waals surface area contributed by atoms with Crippen molar-refractivity contribution in [2.75, 3.05) is 18.5 Å². The van der Waals surface area contributed by atoms with Crippen LogP contribution in [0.4, 0.5) is 20.2 Å². The minimum absolute atomic E-state index is 0.00931. The van der Waals surface area contributed by atoms with Gasteiger partial charge in [-0.05, 0) is 61.7 Å². The predicted octanol–water partition coefficient (Wildman–Crippen LogP) is 3.82. The van der Waals surface area contributed by atoms with Crippen molar-refractivity contribution in [2.24, 2.45) is 5.10 Å². The fourth-order valence-electron chi connectivity index (χ4n) is 3.08. The first-order valence-electron chi connectivity index (χ1n) is 9.32. The highest BCUT2D eigenvalue weighted by Gasteiger charge is 2.29. The number of ether oxygens (including phenoxy) is 1. The Labute approximate surface area is 177 Å². The zero-order valence-electron chi connectivity index (χ0n) is 16.5. The number of benzene rings is 2. The summed E-state index contributed by atoms with van der Waals surface area (Å²) in [5.74, 6) is -0.00931. The number of hydrazone groups is 1. The van der Waals surface area contributed by atoms with Crippen molar-refractivity contribution in [2.45, 2.75) is 31.3 Å². The summed E-state index contributed by atoms with van der Waals surface area (Å²) in [7, 11) is -3.80. The number of nitrogens with one attached hydrogen (secondary N) is 1. The van der Waals surface area contributed by atoms with Crippen molar-refractivity contribution in [1.29, 1.82) is 0 Å². The second-order valence-electron chi connectivity index (χ2n) is 6.76. The highest BCUT2D eigenvalue weighted by molar-refractivity contribution is 7.89. The van der Waals surface area contributed by atoms with Crippen LogP contribution in [0.2, 0.25) is 0 Å². The Morgan fingerprint density at radius 3 is 2.42 bits per heavy atom. The van der Waals surface area contributed by atoms with E-state index in [0.717, 1.165) is 18.9 Å². The van der Waals surface area contributed by atoms with Gasteiger partial charge in [-0.2, -0.15) is 18.2 Å². The Morgan fingerprint density at radius 1 is 1.19 bits per heavy atom. The Bertz CT molecular complexity index is 1080. The monoisotopic (exact) mass is 454 g/mol. The van der Waals surface area contributed by atoms with E-state index in [1.165, 1.54) is 40.7 Å². The van der Waals surface area contributed by atoms with Crippen molar-refractivity contribution in [3.8, 4) is 5.75 Å². The van der Waals surface area contributed by atoms with Gasteiger partial charge >= 0.3 is 6.61 Å². The summed E-state index contributed by atoms with van der Waals surface area (Å²) in [6, 6.07) is 9.32. The van der Waals surface area contributed by atoms with Gasteiger partial charge < -0.3 is 4.74 Å². The van der Waals surface area contributed by atoms with Crippen LogP contribution in [0.1, 0.15) is 25.3 Å². The van der Waals surface area contributed by atoms with E-state index >= 15 is 0 Å². The van der Waals surface area contributed by atoms with Gasteiger partial charge in [-0.25, -0.2) is 8.42 Å². The lowest BCUT2D eigenvalue weighted by atomic mass is 10.1. The molecule has 0 bridgehead atoms. The average Bonchev–Trinajstić information content (AvgIpc) is 3.27. The summed E-state index contributed by atoms with van der Waals surface area (Å²) in [5, 5.41) is 15.6. The summed E-state index contributed by atoms with van der Waals surface area (Å²) >= 11 is 0. The van der Waals surface area contributed by atoms with E-state index in [1.54, 1.807) is 6.92 Å². The van der Waals surface area contributed by atoms with Gasteiger partial charge in [0, 0.05) is 19.2 Å². The maximum atomic E-state index is 12.7. The number of anilines is 1. The molecule has 9 nitrogen and oxygen atoms in total. The van der Waals surface area contributed by atoms with E-state index in [1.807, 2.05) is 0 Å². The summed E-state index contributed by atoms with van der Waals surface area (Å²) < 4.78 is 55.4. The first-order chi connectivity index (χ1) is 14.7. The van der Waals surface area contributed by atoms with E-state index in [4.69, 9.17) is 0 Å². The van der Waals surface area contributed by atoms with Gasteiger partial charge in [0.25, 0.3) is 5.69 Å². The predicted molar refractivity (Wildman–Crippen MR) is 110 cm³/mol. The maximum absolute atomic E-state index is 12.7. The Balaban J connectivity index is 1.81. The molecule has 1 aliphatic heterocycles. The Morgan fingerprint density at radius 2 is 1.84 bits per heavy atom. The molecule has 12 heteroatoms. The lowest BCUT2D eigenvalue weighted by molar-refractivity contribution is -0.384. The minimum atomic E-state index is -3.80. The van der Waals surface area contributed by atoms with Crippen molar-refractivity contribution >= 4 is 27.1 Å². The van der Waals surface area contributed by atoms with Crippen LogP contribution in [0.15, 0.2) is 52.5 Å². The summed E-state index contributed by atoms with van der Waals surface area (Å²) in [5.41, 5.74) is 3.15. The fourth-order valence-corrected chi connectivity index (χ4v) is 4.62. The molecule has 0 spiro atoms. The van der Waals surface area contributed by atoms with Gasteiger partial charge in [0.2, 0.25) is 10.0 Å². The highest BCUT2D eigenvalue weighted by atomic mass is 32.2. The van der Waals surface area contributed by atoms with Gasteiger partial charge in [-0.15, -0.1) is 0 Å². The molecule has 1 heterocycles. The molecule has 0 amide bonds. The topological polar surface area (TPSA) is 114 Å². The molecular weight excluding hydrogens is 434 g/mol. The number of nitro groups is 1. The zero-order valence-corrected chi connectivity index (χ0v) is 17.3. The number of nitrogens with zero attached hydrogens (tertiary/aromatic N) is 3. The molecule has 2 aromatic rings. The van der Waals surface area contributed by atoms with Crippen LogP contribution in [-0.4, -0.2) is 43.1 Å². The van der Waals surface area contributed by atoms with E-state index in [9.17, 15) is 27.3 Å². The third kappa shape index (κ3) is 5.33. The van der Waals surface area contributed by atoms with Gasteiger partial charge in [0.05, 0.1) is 15.5 Å². The third-order valence-electron chi connectivity index (χ3n) is 4.71. The zero-order chi connectivity index (χ0) is 22.6. The number of hydrogen-bond acceptors (Lipinski definition) is 7. The Kier molecular flexibility index (Phi) is 6.81. The van der Waals surface area contributed by atoms with Gasteiger partial charge in [0.15, 0.2) is 0 Å². The number of hydrogen-bond donors (Lipinski definition) is 1. The molecule has 2 aromatic carbocycles. The molecule has 0 unspecified atom stereocenters. The molecule has 0 aromatic heterocycles. The number of halogens is 2. The van der Waals surface area contributed by atoms with E-state index < -0.39 is 27.2 Å². The second-order valence-corrected chi connectivity index (χ2v) is 8.70. The number of rotatable bonds is 8. The van der Waals surface area contributed by atoms with Crippen molar-refractivity contribution in [1.82, 2.24) is 4.31 Å². The van der Waals surface area contributed by atoms with Crippen molar-refractivity contribution in [3.05, 3.63) is 58.1 Å². The lowest BCUT2D eigenvalue weighted by Crippen LogP contribution is -2.27. The smallest absolute Gasteiger partial charge is 0.387 e. The quantitative estimate of drug-likeness (QED) is 0.369. The molecule has 1 aliphatic rings. The van der Waals surface area contributed by atoms with E-state index in [0.29, 0.717) is 24.4 Å². The number of nitro benzene ring substituents is 1. The van der Waals surface area contributed by atoms with Crippen LogP contribution >= 0.6 is 0 Å². The van der Waals surface area contributed by atoms with Gasteiger partial charge in [-0.1, -0.05) is 0 Å². The lowest BCUT2D eigenvalue weighted by Gasteiger charge is -2.15. The number of sulfonamides is 1. The molecule has 166 valence electrons. The van der Waals surface area contributed by atoms with Crippen LogP contribution in [0.3, 0.4) is 0 Å². The molecule has 0 atom stereocenters. The Hall–Kier alpha value is -3.12. The first kappa shape index (κ1) is 22.6. The highest BCUT2D eigenvalue weighted by Crippen LogP contribution is 2.30. The molecule has 3 rings (SSSR count). The van der Waals surface area contributed by atoms with Crippen LogP contribution < -0.4 is 10.2 Å². The summed E-state index contributed by atoms with van der Waals surface area (Å²) in [4.78, 5) is 10.7. The molecule has 0 aliphatic carbocycles. The summed E-state index contributed by atoms with van der Waals surface area (Å²) in [6.07, 6.45) is 1.51. The third-order valence-corrected chi connectivity index (χ3v) is 6.60. The molecule has 1 N–H and O–H groups in total. The average molecular weight is 454 g/mol. The molecule has 31 heavy (non-hydrogen) atoms. The second kappa shape index (κ2) is 9.35. The molecule has 1 fully saturated rings.